The highest BCUT2D eigenvalue weighted by Gasteiger charge is 2.04. The molecule has 0 N–H and O–H groups in total. The Balaban J connectivity index is 2.84. The number of rotatable bonds is 4. The topological polar surface area (TPSA) is 17.1 Å². The van der Waals surface area contributed by atoms with Gasteiger partial charge in [-0.3, -0.25) is 4.79 Å². The summed E-state index contributed by atoms with van der Waals surface area (Å²) in [4.78, 5) is 11.2. The van der Waals surface area contributed by atoms with Crippen LogP contribution in [-0.4, -0.2) is 11.1 Å². The lowest BCUT2D eigenvalue weighted by atomic mass is 10.1. The molecule has 0 spiro atoms. The van der Waals surface area contributed by atoms with Crippen LogP contribution < -0.4 is 0 Å². The summed E-state index contributed by atoms with van der Waals surface area (Å²) in [6, 6.07) is 5.49. The maximum atomic E-state index is 11.2. The molecule has 0 fully saturated rings. The highest BCUT2D eigenvalue weighted by molar-refractivity contribution is 9.09. The third kappa shape index (κ3) is 3.26. The lowest BCUT2D eigenvalue weighted by molar-refractivity contribution is -0.115. The van der Waals surface area contributed by atoms with Crippen LogP contribution in [-0.2, 0) is 17.1 Å². The van der Waals surface area contributed by atoms with Gasteiger partial charge in [0.15, 0.2) is 0 Å². The number of carbonyl (C=O) groups excluding carboxylic acids is 1. The predicted octanol–water partition coefficient (Wildman–Crippen LogP) is 3.59. The maximum Gasteiger partial charge on any atom is 0.147 e. The smallest absolute Gasteiger partial charge is 0.147 e. The first kappa shape index (κ1) is 12.0. The Morgan fingerprint density at radius 2 is 2.14 bits per heavy atom. The summed E-state index contributed by atoms with van der Waals surface area (Å²) in [5.41, 5.74) is 1.82. The van der Waals surface area contributed by atoms with Crippen LogP contribution >= 0.6 is 39.1 Å². The van der Waals surface area contributed by atoms with E-state index in [1.807, 2.05) is 12.1 Å². The number of Topliss-reactive ketones (excluding diaryl/α,β-unsaturated/α-hetero) is 1. The maximum absolute atomic E-state index is 11.2. The molecule has 0 aliphatic carbocycles. The van der Waals surface area contributed by atoms with E-state index in [-0.39, 0.29) is 5.78 Å². The van der Waals surface area contributed by atoms with Crippen LogP contribution in [0.4, 0.5) is 0 Å². The van der Waals surface area contributed by atoms with Gasteiger partial charge in [-0.25, -0.2) is 0 Å². The van der Waals surface area contributed by atoms with E-state index in [9.17, 15) is 4.79 Å². The van der Waals surface area contributed by atoms with Crippen LogP contribution in [0.3, 0.4) is 0 Å². The van der Waals surface area contributed by atoms with Crippen LogP contribution in [0.25, 0.3) is 0 Å². The highest BCUT2D eigenvalue weighted by Crippen LogP contribution is 2.19. The Morgan fingerprint density at radius 3 is 2.71 bits per heavy atom. The van der Waals surface area contributed by atoms with Crippen molar-refractivity contribution in [1.29, 1.82) is 0 Å². The molecular formula is C10H9BrCl2O. The van der Waals surface area contributed by atoms with Crippen LogP contribution in [0, 0.1) is 0 Å². The molecule has 1 aromatic carbocycles. The molecule has 0 heterocycles. The zero-order chi connectivity index (χ0) is 10.6. The van der Waals surface area contributed by atoms with E-state index in [1.54, 1.807) is 6.07 Å². The fourth-order valence-corrected chi connectivity index (χ4v) is 1.79. The first-order valence-corrected chi connectivity index (χ1v) is 6.11. The van der Waals surface area contributed by atoms with E-state index in [0.29, 0.717) is 22.7 Å². The molecule has 0 saturated carbocycles. The van der Waals surface area contributed by atoms with Gasteiger partial charge in [-0.15, -0.1) is 11.6 Å². The second kappa shape index (κ2) is 5.74. The number of halogens is 3. The van der Waals surface area contributed by atoms with Crippen molar-refractivity contribution in [2.75, 3.05) is 5.33 Å². The predicted molar refractivity (Wildman–Crippen MR) is 63.5 cm³/mol. The standard InChI is InChI=1S/C10H9BrCl2O/c11-5-9(14)4-7-1-2-10(13)8(3-7)6-12/h1-3H,4-6H2. The molecule has 1 nitrogen and oxygen atoms in total. The Hall–Kier alpha value is -0.0500. The SMILES string of the molecule is O=C(CBr)Cc1ccc(Cl)c(CCl)c1. The molecule has 1 rings (SSSR count). The van der Waals surface area contributed by atoms with E-state index in [4.69, 9.17) is 23.2 Å². The van der Waals surface area contributed by atoms with Gasteiger partial charge in [-0.2, -0.15) is 0 Å². The van der Waals surface area contributed by atoms with Gasteiger partial charge in [0.25, 0.3) is 0 Å². The van der Waals surface area contributed by atoms with E-state index >= 15 is 0 Å². The summed E-state index contributed by atoms with van der Waals surface area (Å²) in [5.74, 6) is 0.516. The summed E-state index contributed by atoms with van der Waals surface area (Å²) >= 11 is 14.7. The molecule has 0 aliphatic heterocycles. The van der Waals surface area contributed by atoms with Crippen LogP contribution in [0.5, 0.6) is 0 Å². The van der Waals surface area contributed by atoms with Crippen molar-refractivity contribution in [2.45, 2.75) is 12.3 Å². The Labute approximate surface area is 102 Å². The van der Waals surface area contributed by atoms with Crippen LogP contribution in [0.15, 0.2) is 18.2 Å². The molecule has 14 heavy (non-hydrogen) atoms. The molecule has 0 atom stereocenters. The Bertz CT molecular complexity index is 339. The molecule has 0 aromatic heterocycles. The third-order valence-electron chi connectivity index (χ3n) is 1.80. The van der Waals surface area contributed by atoms with Gasteiger partial charge in [0.05, 0.1) is 5.33 Å². The molecule has 0 aliphatic rings. The van der Waals surface area contributed by atoms with Gasteiger partial charge >= 0.3 is 0 Å². The minimum Gasteiger partial charge on any atom is -0.298 e. The summed E-state index contributed by atoms with van der Waals surface area (Å²) < 4.78 is 0. The van der Waals surface area contributed by atoms with Gasteiger partial charge in [0, 0.05) is 17.3 Å². The largest absolute Gasteiger partial charge is 0.298 e. The van der Waals surface area contributed by atoms with Crippen LogP contribution in [0.1, 0.15) is 11.1 Å². The normalized spacial score (nSPS) is 10.2. The zero-order valence-corrected chi connectivity index (χ0v) is 10.5. The Kier molecular flexibility index (Phi) is 4.93. The second-order valence-corrected chi connectivity index (χ2v) is 4.14. The second-order valence-electron chi connectivity index (χ2n) is 2.91. The van der Waals surface area contributed by atoms with Gasteiger partial charge in [0.2, 0.25) is 0 Å². The number of carbonyl (C=O) groups is 1. The van der Waals surface area contributed by atoms with E-state index in [0.717, 1.165) is 11.1 Å². The zero-order valence-electron chi connectivity index (χ0n) is 7.40. The van der Waals surface area contributed by atoms with Crippen molar-refractivity contribution < 1.29 is 4.79 Å². The van der Waals surface area contributed by atoms with Crippen molar-refractivity contribution in [3.63, 3.8) is 0 Å². The lowest BCUT2D eigenvalue weighted by Crippen LogP contribution is -2.03. The molecule has 0 amide bonds. The third-order valence-corrected chi connectivity index (χ3v) is 3.09. The fraction of sp³-hybridized carbons (Fsp3) is 0.300. The first-order valence-electron chi connectivity index (χ1n) is 4.08. The summed E-state index contributed by atoms with van der Waals surface area (Å²) in [7, 11) is 0. The Morgan fingerprint density at radius 1 is 1.43 bits per heavy atom. The lowest BCUT2D eigenvalue weighted by Gasteiger charge is -2.03. The minimum absolute atomic E-state index is 0.146. The number of hydrogen-bond donors (Lipinski definition) is 0. The number of ketones is 1. The van der Waals surface area contributed by atoms with Crippen molar-refractivity contribution >= 4 is 44.9 Å². The highest BCUT2D eigenvalue weighted by atomic mass is 79.9. The fourth-order valence-electron chi connectivity index (χ4n) is 1.12. The van der Waals surface area contributed by atoms with Crippen molar-refractivity contribution in [3.8, 4) is 0 Å². The molecule has 0 radical (unpaired) electrons. The van der Waals surface area contributed by atoms with E-state index in [2.05, 4.69) is 15.9 Å². The van der Waals surface area contributed by atoms with Gasteiger partial charge in [0.1, 0.15) is 5.78 Å². The molecule has 0 unspecified atom stereocenters. The monoisotopic (exact) mass is 294 g/mol. The number of benzene rings is 1. The quantitative estimate of drug-likeness (QED) is 0.776. The van der Waals surface area contributed by atoms with Crippen molar-refractivity contribution in [1.82, 2.24) is 0 Å². The minimum atomic E-state index is 0.146. The molecule has 0 saturated heterocycles. The first-order chi connectivity index (χ1) is 6.67. The van der Waals surface area contributed by atoms with E-state index < -0.39 is 0 Å². The molecule has 76 valence electrons. The van der Waals surface area contributed by atoms with Gasteiger partial charge in [-0.05, 0) is 17.2 Å². The summed E-state index contributed by atoms with van der Waals surface area (Å²) in [5, 5.41) is 1.03. The molecule has 0 bridgehead atoms. The summed E-state index contributed by atoms with van der Waals surface area (Å²) in [6.45, 7) is 0. The molecule has 1 aromatic rings. The number of alkyl halides is 2. The van der Waals surface area contributed by atoms with Gasteiger partial charge in [-0.1, -0.05) is 39.7 Å². The van der Waals surface area contributed by atoms with Crippen molar-refractivity contribution in [3.05, 3.63) is 34.3 Å². The number of hydrogen-bond acceptors (Lipinski definition) is 1. The van der Waals surface area contributed by atoms with Crippen LogP contribution in [0.2, 0.25) is 5.02 Å². The van der Waals surface area contributed by atoms with E-state index in [1.165, 1.54) is 0 Å². The van der Waals surface area contributed by atoms with Crippen molar-refractivity contribution in [2.24, 2.45) is 0 Å². The summed E-state index contributed by atoms with van der Waals surface area (Å²) in [6.07, 6.45) is 0.423. The molecular weight excluding hydrogens is 287 g/mol. The molecule has 4 heteroatoms. The average Bonchev–Trinajstić information content (AvgIpc) is 2.20. The average molecular weight is 296 g/mol. The van der Waals surface area contributed by atoms with Gasteiger partial charge < -0.3 is 0 Å².